The molecule has 1 rings (SSSR count). The third-order valence-electron chi connectivity index (χ3n) is 4.43. The van der Waals surface area contributed by atoms with Gasteiger partial charge in [-0.1, -0.05) is 63.6 Å². The van der Waals surface area contributed by atoms with Crippen LogP contribution in [0.15, 0.2) is 42.5 Å². The predicted molar refractivity (Wildman–Crippen MR) is 102 cm³/mol. The number of carbonyl (C=O) groups excluding carboxylic acids is 1. The zero-order valence-electron chi connectivity index (χ0n) is 15.8. The smallest absolute Gasteiger partial charge is 0.265 e. The summed E-state index contributed by atoms with van der Waals surface area (Å²) in [6.07, 6.45) is 7.04. The van der Waals surface area contributed by atoms with E-state index in [1.165, 1.54) is 31.2 Å². The quantitative estimate of drug-likeness (QED) is 0.248. The number of nitrogens with one attached hydrogen (secondary N) is 1. The Balaban J connectivity index is 2.98. The summed E-state index contributed by atoms with van der Waals surface area (Å²) in [5.41, 5.74) is 5.15. The molecule has 1 aromatic rings. The first kappa shape index (κ1) is 20.4. The molecule has 0 unspecified atom stereocenters. The number of quaternary nitrogens is 1. The van der Waals surface area contributed by atoms with Gasteiger partial charge < -0.3 is 0 Å². The number of rotatable bonds is 12. The summed E-state index contributed by atoms with van der Waals surface area (Å²) in [4.78, 5) is 12.4. The van der Waals surface area contributed by atoms with Crippen LogP contribution < -0.4 is 5.43 Å². The molecule has 0 saturated heterocycles. The highest BCUT2D eigenvalue weighted by Gasteiger charge is 2.30. The summed E-state index contributed by atoms with van der Waals surface area (Å²) >= 11 is 0. The van der Waals surface area contributed by atoms with Crippen LogP contribution in [0.2, 0.25) is 0 Å². The molecule has 0 aromatic heterocycles. The van der Waals surface area contributed by atoms with Crippen LogP contribution in [0.4, 0.5) is 0 Å². The fourth-order valence-corrected chi connectivity index (χ4v) is 2.99. The number of nitrogens with zero attached hydrogens (tertiary/aromatic N) is 1. The van der Waals surface area contributed by atoms with Gasteiger partial charge in [-0.15, -0.1) is 0 Å². The molecule has 0 radical (unpaired) electrons. The Morgan fingerprint density at radius 2 is 1.54 bits per heavy atom. The second kappa shape index (κ2) is 11.0. The summed E-state index contributed by atoms with van der Waals surface area (Å²) < 4.78 is 0.635. The molecule has 3 nitrogen and oxygen atoms in total. The Labute approximate surface area is 148 Å². The monoisotopic (exact) mass is 331 g/mol. The van der Waals surface area contributed by atoms with E-state index in [1.54, 1.807) is 6.92 Å². The molecule has 0 aliphatic carbocycles. The lowest BCUT2D eigenvalue weighted by atomic mass is 10.1. The predicted octanol–water partition coefficient (Wildman–Crippen LogP) is 4.99. The van der Waals surface area contributed by atoms with Crippen molar-refractivity contribution < 1.29 is 9.39 Å². The molecular weight excluding hydrogens is 296 g/mol. The Kier molecular flexibility index (Phi) is 9.39. The largest absolute Gasteiger partial charge is 0.291 e. The molecule has 134 valence electrons. The van der Waals surface area contributed by atoms with Gasteiger partial charge in [0.05, 0.1) is 0 Å². The van der Waals surface area contributed by atoms with E-state index in [-0.39, 0.29) is 5.91 Å². The molecule has 24 heavy (non-hydrogen) atoms. The number of amides is 1. The number of carbonyl (C=O) groups is 1. The zero-order valence-corrected chi connectivity index (χ0v) is 15.8. The fourth-order valence-electron chi connectivity index (χ4n) is 2.99. The van der Waals surface area contributed by atoms with Gasteiger partial charge in [0.1, 0.15) is 19.6 Å². The summed E-state index contributed by atoms with van der Waals surface area (Å²) in [6.45, 7) is 12.8. The van der Waals surface area contributed by atoms with Crippen molar-refractivity contribution in [3.63, 3.8) is 0 Å². The van der Waals surface area contributed by atoms with Crippen molar-refractivity contribution in [1.82, 2.24) is 5.43 Å². The van der Waals surface area contributed by atoms with Gasteiger partial charge in [0.2, 0.25) is 0 Å². The van der Waals surface area contributed by atoms with Crippen LogP contribution in [0.5, 0.6) is 0 Å². The third kappa shape index (κ3) is 7.31. The van der Waals surface area contributed by atoms with E-state index in [0.29, 0.717) is 10.2 Å². The topological polar surface area (TPSA) is 29.1 Å². The van der Waals surface area contributed by atoms with E-state index in [4.69, 9.17) is 0 Å². The highest BCUT2D eigenvalue weighted by Crippen LogP contribution is 2.17. The molecule has 0 aliphatic rings. The first-order chi connectivity index (χ1) is 11.5. The van der Waals surface area contributed by atoms with Crippen molar-refractivity contribution in [2.24, 2.45) is 0 Å². The zero-order chi connectivity index (χ0) is 17.8. The van der Waals surface area contributed by atoms with Gasteiger partial charge in [-0.2, -0.15) is 5.43 Å². The molecule has 1 amide bonds. The lowest BCUT2D eigenvalue weighted by molar-refractivity contribution is -0.974. The number of hydrogen-bond acceptors (Lipinski definition) is 1. The highest BCUT2D eigenvalue weighted by atomic mass is 16.2. The van der Waals surface area contributed by atoms with E-state index in [1.807, 2.05) is 6.07 Å². The van der Waals surface area contributed by atoms with Gasteiger partial charge in [0, 0.05) is 11.1 Å². The minimum Gasteiger partial charge on any atom is -0.265 e. The molecule has 0 heterocycles. The van der Waals surface area contributed by atoms with E-state index < -0.39 is 0 Å². The van der Waals surface area contributed by atoms with Gasteiger partial charge in [0.25, 0.3) is 5.91 Å². The number of hydrogen-bond donors (Lipinski definition) is 1. The highest BCUT2D eigenvalue weighted by molar-refractivity contribution is 5.91. The minimum absolute atomic E-state index is 0.0288. The Hall–Kier alpha value is -1.61. The van der Waals surface area contributed by atoms with Crippen LogP contribution in [0.25, 0.3) is 0 Å². The summed E-state index contributed by atoms with van der Waals surface area (Å²) in [7, 11) is 0. The third-order valence-corrected chi connectivity index (χ3v) is 4.43. The van der Waals surface area contributed by atoms with Crippen LogP contribution in [0.3, 0.4) is 0 Å². The summed E-state index contributed by atoms with van der Waals surface area (Å²) in [5, 5.41) is 0. The molecular formula is C21H35N2O+. The van der Waals surface area contributed by atoms with Crippen molar-refractivity contribution in [2.75, 3.05) is 13.1 Å². The average molecular weight is 332 g/mol. The van der Waals surface area contributed by atoms with Crippen molar-refractivity contribution in [2.45, 2.75) is 65.8 Å². The molecule has 3 heteroatoms. The Morgan fingerprint density at radius 3 is 2.00 bits per heavy atom. The number of benzene rings is 1. The Morgan fingerprint density at radius 1 is 1.00 bits per heavy atom. The fraction of sp³-hybridized carbons (Fsp3) is 0.571. The van der Waals surface area contributed by atoms with Crippen molar-refractivity contribution in [3.8, 4) is 0 Å². The van der Waals surface area contributed by atoms with E-state index in [9.17, 15) is 4.79 Å². The molecule has 0 saturated carbocycles. The van der Waals surface area contributed by atoms with Gasteiger partial charge in [-0.25, -0.2) is 4.59 Å². The van der Waals surface area contributed by atoms with Gasteiger partial charge in [-0.3, -0.25) is 4.79 Å². The standard InChI is InChI=1S/C21H34N2O/c1-5-7-12-16-23(17-13-8-6-2,22-21(24)19(3)4)18-20-14-10-9-11-15-20/h9-11,14-15H,3,5-8,12-13,16-18H2,1-2,4H3/p+1. The molecule has 0 aliphatic heterocycles. The Bertz CT molecular complexity index is 486. The first-order valence-corrected chi connectivity index (χ1v) is 9.41. The van der Waals surface area contributed by atoms with Gasteiger partial charge >= 0.3 is 0 Å². The SMILES string of the molecule is C=C(C)C(=O)N[N+](CCCCC)(CCCCC)Cc1ccccc1. The van der Waals surface area contributed by atoms with Gasteiger partial charge in [-0.05, 0) is 32.6 Å². The van der Waals surface area contributed by atoms with E-state index in [2.05, 4.69) is 50.1 Å². The second-order valence-electron chi connectivity index (χ2n) is 6.87. The number of unbranched alkanes of at least 4 members (excludes halogenated alkanes) is 4. The van der Waals surface area contributed by atoms with Crippen molar-refractivity contribution >= 4 is 5.91 Å². The van der Waals surface area contributed by atoms with Gasteiger partial charge in [0.15, 0.2) is 0 Å². The van der Waals surface area contributed by atoms with Crippen LogP contribution >= 0.6 is 0 Å². The lowest BCUT2D eigenvalue weighted by Crippen LogP contribution is -2.60. The second-order valence-corrected chi connectivity index (χ2v) is 6.87. The minimum atomic E-state index is -0.0288. The van der Waals surface area contributed by atoms with Crippen molar-refractivity contribution in [1.29, 1.82) is 0 Å². The van der Waals surface area contributed by atoms with Crippen LogP contribution in [0, 0.1) is 0 Å². The molecule has 1 aromatic carbocycles. The maximum atomic E-state index is 12.4. The lowest BCUT2D eigenvalue weighted by Gasteiger charge is -2.38. The maximum absolute atomic E-state index is 12.4. The summed E-state index contributed by atoms with van der Waals surface area (Å²) in [5.74, 6) is -0.0288. The molecule has 0 atom stereocenters. The first-order valence-electron chi connectivity index (χ1n) is 9.41. The van der Waals surface area contributed by atoms with Crippen LogP contribution in [0.1, 0.15) is 64.9 Å². The maximum Gasteiger partial charge on any atom is 0.291 e. The normalized spacial score (nSPS) is 11.3. The van der Waals surface area contributed by atoms with Crippen molar-refractivity contribution in [3.05, 3.63) is 48.0 Å². The average Bonchev–Trinajstić information content (AvgIpc) is 2.56. The summed E-state index contributed by atoms with van der Waals surface area (Å²) in [6, 6.07) is 10.5. The molecule has 0 fully saturated rings. The van der Waals surface area contributed by atoms with Crippen LogP contribution in [-0.2, 0) is 11.3 Å². The van der Waals surface area contributed by atoms with E-state index >= 15 is 0 Å². The van der Waals surface area contributed by atoms with Crippen LogP contribution in [-0.4, -0.2) is 23.6 Å². The van der Waals surface area contributed by atoms with E-state index in [0.717, 1.165) is 32.5 Å². The molecule has 1 N–H and O–H groups in total. The molecule has 0 spiro atoms. The molecule has 0 bridgehead atoms.